The van der Waals surface area contributed by atoms with Crippen molar-refractivity contribution in [3.8, 4) is 0 Å². The van der Waals surface area contributed by atoms with Crippen molar-refractivity contribution in [2.45, 2.75) is 26.3 Å². The molecule has 21 heavy (non-hydrogen) atoms. The summed E-state index contributed by atoms with van der Waals surface area (Å²) in [5, 5.41) is 22.0. The van der Waals surface area contributed by atoms with E-state index in [0.29, 0.717) is 11.5 Å². The Balaban J connectivity index is 1.86. The summed E-state index contributed by atoms with van der Waals surface area (Å²) in [5.74, 6) is -0.736. The van der Waals surface area contributed by atoms with Crippen LogP contribution in [0.25, 0.3) is 11.0 Å². The number of aliphatic hydroxyl groups is 1. The number of aliphatic hydroxyl groups excluding tert-OH is 1. The van der Waals surface area contributed by atoms with Gasteiger partial charge in [-0.15, -0.1) is 0 Å². The Morgan fingerprint density at radius 2 is 2.19 bits per heavy atom. The van der Waals surface area contributed by atoms with Gasteiger partial charge in [-0.25, -0.2) is 4.79 Å². The van der Waals surface area contributed by atoms with Crippen LogP contribution in [0.2, 0.25) is 0 Å². The molecule has 0 saturated carbocycles. The van der Waals surface area contributed by atoms with Gasteiger partial charge in [0.05, 0.1) is 0 Å². The lowest BCUT2D eigenvalue weighted by Crippen LogP contribution is -2.15. The van der Waals surface area contributed by atoms with Crippen molar-refractivity contribution in [1.82, 2.24) is 5.32 Å². The van der Waals surface area contributed by atoms with Crippen LogP contribution in [0.15, 0.2) is 28.7 Å². The smallest absolute Gasteiger partial charge is 0.371 e. The first-order valence-electron chi connectivity index (χ1n) is 7.17. The second-order valence-electron chi connectivity index (χ2n) is 5.39. The average Bonchev–Trinajstić information content (AvgIpc) is 2.90. The molecule has 1 atom stereocenters. The normalized spacial score (nSPS) is 12.7. The highest BCUT2D eigenvalue weighted by Gasteiger charge is 2.10. The summed E-state index contributed by atoms with van der Waals surface area (Å²) in [4.78, 5) is 10.9. The molecular weight excluding hydrogens is 270 g/mol. The minimum atomic E-state index is -1.05. The minimum Gasteiger partial charge on any atom is -0.475 e. The molecule has 0 bridgehead atoms. The van der Waals surface area contributed by atoms with Crippen molar-refractivity contribution < 1.29 is 19.4 Å². The summed E-state index contributed by atoms with van der Waals surface area (Å²) >= 11 is 0. The molecule has 2 aromatic rings. The molecule has 1 aromatic carbocycles. The molecule has 114 valence electrons. The SMILES string of the molecule is CC(CO)CCCNCc1ccc2oc(C(=O)O)cc2c1. The highest BCUT2D eigenvalue weighted by atomic mass is 16.4. The number of benzene rings is 1. The standard InChI is InChI=1S/C16H21NO4/c1-11(10-18)3-2-6-17-9-12-4-5-14-13(7-12)8-15(21-14)16(19)20/h4-5,7-8,11,17-18H,2-3,6,9-10H2,1H3,(H,19,20). The van der Waals surface area contributed by atoms with Gasteiger partial charge in [-0.1, -0.05) is 13.0 Å². The number of hydrogen-bond acceptors (Lipinski definition) is 4. The lowest BCUT2D eigenvalue weighted by Gasteiger charge is -2.08. The maximum absolute atomic E-state index is 10.9. The fourth-order valence-electron chi connectivity index (χ4n) is 2.21. The van der Waals surface area contributed by atoms with Crippen LogP contribution in [-0.4, -0.2) is 29.3 Å². The van der Waals surface area contributed by atoms with E-state index in [2.05, 4.69) is 5.32 Å². The van der Waals surface area contributed by atoms with Crippen LogP contribution in [0.1, 0.15) is 35.9 Å². The Morgan fingerprint density at radius 3 is 2.90 bits per heavy atom. The maximum atomic E-state index is 10.9. The van der Waals surface area contributed by atoms with Gasteiger partial charge in [0, 0.05) is 18.5 Å². The summed E-state index contributed by atoms with van der Waals surface area (Å²) < 4.78 is 5.22. The maximum Gasteiger partial charge on any atom is 0.371 e. The van der Waals surface area contributed by atoms with Gasteiger partial charge in [-0.3, -0.25) is 0 Å². The number of carbonyl (C=O) groups is 1. The molecule has 0 saturated heterocycles. The molecule has 0 amide bonds. The predicted molar refractivity (Wildman–Crippen MR) is 80.4 cm³/mol. The number of carboxylic acids is 1. The molecule has 2 rings (SSSR count). The molecule has 1 unspecified atom stereocenters. The monoisotopic (exact) mass is 291 g/mol. The van der Waals surface area contributed by atoms with E-state index in [1.54, 1.807) is 12.1 Å². The zero-order chi connectivity index (χ0) is 15.2. The topological polar surface area (TPSA) is 82.7 Å². The third kappa shape index (κ3) is 4.31. The first-order valence-corrected chi connectivity index (χ1v) is 7.17. The van der Waals surface area contributed by atoms with Crippen LogP contribution in [0.4, 0.5) is 0 Å². The quantitative estimate of drug-likeness (QED) is 0.651. The summed E-state index contributed by atoms with van der Waals surface area (Å²) in [5.41, 5.74) is 1.68. The number of hydrogen-bond donors (Lipinski definition) is 3. The van der Waals surface area contributed by atoms with Gasteiger partial charge >= 0.3 is 5.97 Å². The molecule has 0 aliphatic carbocycles. The molecule has 5 heteroatoms. The summed E-state index contributed by atoms with van der Waals surface area (Å²) in [6.07, 6.45) is 2.03. The molecular formula is C16H21NO4. The zero-order valence-corrected chi connectivity index (χ0v) is 12.1. The van der Waals surface area contributed by atoms with E-state index in [9.17, 15) is 4.79 Å². The first-order chi connectivity index (χ1) is 10.1. The van der Waals surface area contributed by atoms with Crippen molar-refractivity contribution in [2.24, 2.45) is 5.92 Å². The fourth-order valence-corrected chi connectivity index (χ4v) is 2.21. The van der Waals surface area contributed by atoms with Gasteiger partial charge in [0.2, 0.25) is 5.76 Å². The molecule has 5 nitrogen and oxygen atoms in total. The van der Waals surface area contributed by atoms with Crippen LogP contribution in [0, 0.1) is 5.92 Å². The Kier molecular flexibility index (Phi) is 5.36. The number of rotatable bonds is 8. The van der Waals surface area contributed by atoms with Crippen molar-refractivity contribution in [2.75, 3.05) is 13.2 Å². The minimum absolute atomic E-state index is 0.0342. The van der Waals surface area contributed by atoms with Gasteiger partial charge in [0.25, 0.3) is 0 Å². The molecule has 0 aliphatic heterocycles. The lowest BCUT2D eigenvalue weighted by atomic mass is 10.1. The van der Waals surface area contributed by atoms with Crippen molar-refractivity contribution >= 4 is 16.9 Å². The number of furan rings is 1. The highest BCUT2D eigenvalue weighted by molar-refractivity contribution is 5.91. The molecule has 0 radical (unpaired) electrons. The Bertz CT molecular complexity index is 605. The fraction of sp³-hybridized carbons (Fsp3) is 0.438. The number of nitrogens with one attached hydrogen (secondary N) is 1. The summed E-state index contributed by atoms with van der Waals surface area (Å²) in [6.45, 7) is 3.90. The number of aromatic carboxylic acids is 1. The van der Waals surface area contributed by atoms with Gasteiger partial charge in [-0.2, -0.15) is 0 Å². The van der Waals surface area contributed by atoms with Crippen LogP contribution < -0.4 is 5.32 Å². The highest BCUT2D eigenvalue weighted by Crippen LogP contribution is 2.20. The molecule has 3 N–H and O–H groups in total. The number of carboxylic acid groups (broad SMARTS) is 1. The summed E-state index contributed by atoms with van der Waals surface area (Å²) in [7, 11) is 0. The van der Waals surface area contributed by atoms with Gasteiger partial charge in [0.15, 0.2) is 0 Å². The van der Waals surface area contributed by atoms with Crippen LogP contribution >= 0.6 is 0 Å². The van der Waals surface area contributed by atoms with Gasteiger partial charge in [0.1, 0.15) is 5.58 Å². The molecule has 1 aromatic heterocycles. The average molecular weight is 291 g/mol. The van der Waals surface area contributed by atoms with Crippen molar-refractivity contribution in [1.29, 1.82) is 0 Å². The van der Waals surface area contributed by atoms with E-state index in [-0.39, 0.29) is 12.4 Å². The van der Waals surface area contributed by atoms with E-state index in [4.69, 9.17) is 14.6 Å². The van der Waals surface area contributed by atoms with Crippen molar-refractivity contribution in [3.05, 3.63) is 35.6 Å². The third-order valence-electron chi connectivity index (χ3n) is 3.48. The van der Waals surface area contributed by atoms with E-state index in [1.807, 2.05) is 19.1 Å². The third-order valence-corrected chi connectivity index (χ3v) is 3.48. The van der Waals surface area contributed by atoms with E-state index in [0.717, 1.165) is 36.9 Å². The van der Waals surface area contributed by atoms with Crippen LogP contribution in [0.3, 0.4) is 0 Å². The molecule has 0 aliphatic rings. The lowest BCUT2D eigenvalue weighted by molar-refractivity contribution is 0.0665. The van der Waals surface area contributed by atoms with Gasteiger partial charge in [-0.05, 0) is 49.1 Å². The zero-order valence-electron chi connectivity index (χ0n) is 12.1. The second kappa shape index (κ2) is 7.24. The van der Waals surface area contributed by atoms with Crippen LogP contribution in [-0.2, 0) is 6.54 Å². The van der Waals surface area contributed by atoms with Crippen LogP contribution in [0.5, 0.6) is 0 Å². The Labute approximate surface area is 123 Å². The largest absolute Gasteiger partial charge is 0.475 e. The van der Waals surface area contributed by atoms with E-state index < -0.39 is 5.97 Å². The Hall–Kier alpha value is -1.85. The van der Waals surface area contributed by atoms with Gasteiger partial charge < -0.3 is 19.9 Å². The molecule has 1 heterocycles. The van der Waals surface area contributed by atoms with E-state index in [1.165, 1.54) is 0 Å². The Morgan fingerprint density at radius 1 is 1.38 bits per heavy atom. The second-order valence-corrected chi connectivity index (χ2v) is 5.39. The predicted octanol–water partition coefficient (Wildman–Crippen LogP) is 2.63. The molecule has 0 spiro atoms. The molecule has 0 fully saturated rings. The van der Waals surface area contributed by atoms with E-state index >= 15 is 0 Å². The number of fused-ring (bicyclic) bond motifs is 1. The first kappa shape index (κ1) is 15.5. The van der Waals surface area contributed by atoms with Crippen molar-refractivity contribution in [3.63, 3.8) is 0 Å². The summed E-state index contributed by atoms with van der Waals surface area (Å²) in [6, 6.07) is 7.21.